The van der Waals surface area contributed by atoms with E-state index in [0.29, 0.717) is 0 Å². The van der Waals surface area contributed by atoms with Crippen LogP contribution in [0.5, 0.6) is 0 Å². The Morgan fingerprint density at radius 2 is 0.627 bits per heavy atom. The molecule has 2 atom stereocenters. The van der Waals surface area contributed by atoms with Gasteiger partial charge in [-0.15, -0.1) is 12.2 Å². The van der Waals surface area contributed by atoms with Gasteiger partial charge in [-0.3, -0.25) is 9.88 Å². The molecule has 0 bridgehead atoms. The van der Waals surface area contributed by atoms with Crippen molar-refractivity contribution >= 4 is 13.1 Å². The monoisotopic (exact) mass is 795 g/mol. The van der Waals surface area contributed by atoms with E-state index < -0.39 is 24.3 Å². The first kappa shape index (κ1) is 43.8. The van der Waals surface area contributed by atoms with E-state index in [1.54, 1.807) is 0 Å². The van der Waals surface area contributed by atoms with Crippen LogP contribution in [0, 0.1) is 0 Å². The minimum absolute atomic E-state index is 0.0895. The highest BCUT2D eigenvalue weighted by molar-refractivity contribution is 6.86. The number of hydrogen-bond acceptors (Lipinski definition) is 2. The van der Waals surface area contributed by atoms with E-state index in [2.05, 4.69) is 229 Å². The van der Waals surface area contributed by atoms with Crippen molar-refractivity contribution in [2.75, 3.05) is 0 Å². The van der Waals surface area contributed by atoms with Crippen molar-refractivity contribution in [2.45, 2.75) is 100 Å². The van der Waals surface area contributed by atoms with E-state index in [4.69, 9.17) is 9.47 Å². The third-order valence-electron chi connectivity index (χ3n) is 11.6. The Morgan fingerprint density at radius 1 is 0.390 bits per heavy atom. The van der Waals surface area contributed by atoms with Crippen LogP contribution in [0.15, 0.2) is 204 Å². The Kier molecular flexibility index (Phi) is 16.4. The highest BCUT2D eigenvalue weighted by Crippen LogP contribution is 2.44. The van der Waals surface area contributed by atoms with Gasteiger partial charge in [0.05, 0.1) is 12.2 Å². The standard InChI is InChI=1S/2C27H29O.2CH3.Al/c2*1-3-5-9-22-26(4-2)28-27(23-16-10-6-11-17-23,24-18-12-7-13-19-24)25-20-14-8-15-21-25;;;/h2*2,4,6-8,10-21,26H,3,5,9,22H2,1H3;2*1H3;/q;;;;-1. The fourth-order valence-corrected chi connectivity index (χ4v) is 10.1. The summed E-state index contributed by atoms with van der Waals surface area (Å²) in [7, 11) is 0. The van der Waals surface area contributed by atoms with Crippen LogP contribution in [-0.4, -0.2) is 25.3 Å². The second kappa shape index (κ2) is 22.0. The maximum atomic E-state index is 7.63. The number of ether oxygens (including phenoxy) is 2. The average molecular weight is 796 g/mol. The minimum Gasteiger partial charge on any atom is -0.354 e. The number of benzene rings is 6. The lowest BCUT2D eigenvalue weighted by Crippen LogP contribution is -2.37. The van der Waals surface area contributed by atoms with Gasteiger partial charge in [-0.25, -0.2) is 0 Å². The topological polar surface area (TPSA) is 18.5 Å². The van der Waals surface area contributed by atoms with Crippen LogP contribution in [0.25, 0.3) is 0 Å². The molecule has 6 rings (SSSR count). The molecule has 0 saturated carbocycles. The lowest BCUT2D eigenvalue weighted by molar-refractivity contribution is -0.0286. The van der Waals surface area contributed by atoms with E-state index in [9.17, 15) is 0 Å². The van der Waals surface area contributed by atoms with Gasteiger partial charge in [-0.1, -0.05) is 234 Å². The van der Waals surface area contributed by atoms with Crippen LogP contribution in [0.1, 0.15) is 98.6 Å². The molecule has 0 aliphatic carbocycles. The molecular weight excluding hydrogens is 732 g/mol. The van der Waals surface area contributed by atoms with Crippen LogP contribution in [0.4, 0.5) is 0 Å². The molecule has 0 heterocycles. The third-order valence-corrected chi connectivity index (χ3v) is 14.0. The molecule has 0 radical (unpaired) electrons. The molecule has 0 aliphatic heterocycles. The molecule has 304 valence electrons. The van der Waals surface area contributed by atoms with E-state index >= 15 is 0 Å². The average Bonchev–Trinajstić information content (AvgIpc) is 3.30. The van der Waals surface area contributed by atoms with E-state index in [1.807, 2.05) is 0 Å². The largest absolute Gasteiger partial charge is 0.354 e. The predicted octanol–water partition coefficient (Wildman–Crippen LogP) is 14.8. The first-order valence-corrected chi connectivity index (χ1v) is 25.9. The Labute approximate surface area is 358 Å². The summed E-state index contributed by atoms with van der Waals surface area (Å²) in [6.07, 6.45) is 13.4. The van der Waals surface area contributed by atoms with Crippen LogP contribution in [0.2, 0.25) is 11.6 Å². The molecule has 0 spiro atoms. The maximum absolute atomic E-state index is 7.63. The third kappa shape index (κ3) is 11.3. The molecule has 0 amide bonds. The lowest BCUT2D eigenvalue weighted by atomic mass is 9.79. The smallest absolute Gasteiger partial charge is 0.178 e. The van der Waals surface area contributed by atoms with E-state index in [0.717, 1.165) is 71.9 Å². The SMILES string of the molecule is CCCCCC(/C=[CH]/[Al-]([CH3])([CH3])/[CH]=C/C(CCCCC)OC(c1ccccc1)(c1ccccc1)c1ccccc1)OC(c1ccccc1)(c1ccccc1)c1ccccc1. The highest BCUT2D eigenvalue weighted by Gasteiger charge is 2.40. The van der Waals surface area contributed by atoms with Crippen molar-refractivity contribution in [2.24, 2.45) is 0 Å². The molecule has 0 aromatic heterocycles. The Balaban J connectivity index is 1.38. The van der Waals surface area contributed by atoms with Gasteiger partial charge < -0.3 is 9.47 Å². The van der Waals surface area contributed by atoms with Crippen LogP contribution in [-0.2, 0) is 20.7 Å². The van der Waals surface area contributed by atoms with Crippen molar-refractivity contribution in [3.63, 3.8) is 0 Å². The first-order chi connectivity index (χ1) is 28.9. The van der Waals surface area contributed by atoms with Gasteiger partial charge in [0.1, 0.15) is 11.2 Å². The normalized spacial score (nSPS) is 13.5. The van der Waals surface area contributed by atoms with Gasteiger partial charge in [0, 0.05) is 0 Å². The zero-order chi connectivity index (χ0) is 41.2. The van der Waals surface area contributed by atoms with Crippen LogP contribution in [0.3, 0.4) is 0 Å². The number of rotatable bonds is 22. The van der Waals surface area contributed by atoms with Crippen LogP contribution < -0.4 is 0 Å². The van der Waals surface area contributed by atoms with Gasteiger partial charge in [-0.2, -0.15) is 11.6 Å². The van der Waals surface area contributed by atoms with E-state index in [1.165, 1.54) is 12.8 Å². The predicted molar refractivity (Wildman–Crippen MR) is 252 cm³/mol. The van der Waals surface area contributed by atoms with Gasteiger partial charge in [-0.05, 0) is 46.2 Å². The quantitative estimate of drug-likeness (QED) is 0.0387. The van der Waals surface area contributed by atoms with Crippen molar-refractivity contribution in [1.29, 1.82) is 0 Å². The summed E-state index contributed by atoms with van der Waals surface area (Å²) in [5.74, 6) is 4.92. The summed E-state index contributed by atoms with van der Waals surface area (Å²) in [5, 5.41) is 0. The molecule has 59 heavy (non-hydrogen) atoms. The minimum atomic E-state index is -2.43. The maximum Gasteiger partial charge on any atom is 0.178 e. The summed E-state index contributed by atoms with van der Waals surface area (Å²) in [5.41, 5.74) is 5.26. The van der Waals surface area contributed by atoms with Crippen molar-refractivity contribution < 1.29 is 9.47 Å². The van der Waals surface area contributed by atoms with E-state index in [-0.39, 0.29) is 12.2 Å². The zero-order valence-corrected chi connectivity index (χ0v) is 37.0. The Hall–Kier alpha value is -4.75. The van der Waals surface area contributed by atoms with Crippen molar-refractivity contribution in [3.05, 3.63) is 237 Å². The number of unbranched alkanes of at least 4 members (excludes halogenated alkanes) is 4. The molecule has 6 aromatic rings. The molecule has 0 fully saturated rings. The van der Waals surface area contributed by atoms with Gasteiger partial charge >= 0.3 is 0 Å². The summed E-state index contributed by atoms with van der Waals surface area (Å²) in [6.45, 7) is 4.55. The Morgan fingerprint density at radius 3 is 0.847 bits per heavy atom. The summed E-state index contributed by atoms with van der Waals surface area (Å²) >= 11 is -2.43. The molecule has 6 aromatic carbocycles. The second-order valence-corrected chi connectivity index (χ2v) is 21.7. The lowest BCUT2D eigenvalue weighted by Gasteiger charge is -2.39. The molecule has 2 unspecified atom stereocenters. The molecule has 3 heteroatoms. The van der Waals surface area contributed by atoms with Gasteiger partial charge in [0.25, 0.3) is 0 Å². The molecule has 2 nitrogen and oxygen atoms in total. The van der Waals surface area contributed by atoms with Crippen molar-refractivity contribution in [3.8, 4) is 0 Å². The highest BCUT2D eigenvalue weighted by atomic mass is 27.2. The summed E-state index contributed by atoms with van der Waals surface area (Å²) in [6, 6.07) is 64.7. The van der Waals surface area contributed by atoms with Crippen molar-refractivity contribution in [1.82, 2.24) is 0 Å². The summed E-state index contributed by atoms with van der Waals surface area (Å²) in [4.78, 5) is 5.04. The van der Waals surface area contributed by atoms with Crippen LogP contribution >= 0.6 is 0 Å². The fraction of sp³-hybridized carbons (Fsp3) is 0.286. The molecule has 0 N–H and O–H groups in total. The molecular formula is C56H64AlO2-. The van der Waals surface area contributed by atoms with Gasteiger partial charge in [0.15, 0.2) is 13.1 Å². The zero-order valence-electron chi connectivity index (χ0n) is 35.8. The molecule has 0 saturated heterocycles. The molecule has 0 aliphatic rings. The van der Waals surface area contributed by atoms with Gasteiger partial charge in [0.2, 0.25) is 0 Å². The number of hydrogen-bond donors (Lipinski definition) is 0. The first-order valence-electron chi connectivity index (χ1n) is 22.2. The fourth-order valence-electron chi connectivity index (χ4n) is 8.36. The second-order valence-electron chi connectivity index (χ2n) is 16.7. The summed E-state index contributed by atoms with van der Waals surface area (Å²) < 4.78 is 15.3. The Bertz CT molecular complexity index is 1770.